The van der Waals surface area contributed by atoms with Gasteiger partial charge in [-0.1, -0.05) is 17.9 Å². The van der Waals surface area contributed by atoms with Crippen molar-refractivity contribution in [2.24, 2.45) is 0 Å². The van der Waals surface area contributed by atoms with Crippen LogP contribution in [0.4, 0.5) is 9.18 Å². The maximum absolute atomic E-state index is 13.1. The molecule has 1 fully saturated rings. The monoisotopic (exact) mass is 282 g/mol. The maximum Gasteiger partial charge on any atom is 0.407 e. The van der Waals surface area contributed by atoms with Crippen LogP contribution in [0.15, 0.2) is 42.6 Å². The van der Waals surface area contributed by atoms with Gasteiger partial charge in [-0.25, -0.2) is 9.18 Å². The lowest BCUT2D eigenvalue weighted by Gasteiger charge is -2.06. The van der Waals surface area contributed by atoms with E-state index in [-0.39, 0.29) is 18.5 Å². The van der Waals surface area contributed by atoms with Crippen LogP contribution in [0.1, 0.15) is 22.9 Å². The molecule has 1 aromatic heterocycles. The molecular weight excluding hydrogens is 271 g/mol. The Kier molecular flexibility index (Phi) is 3.52. The molecule has 0 spiro atoms. The summed E-state index contributed by atoms with van der Waals surface area (Å²) < 4.78 is 17.9. The average Bonchev–Trinajstić information content (AvgIpc) is 2.92. The van der Waals surface area contributed by atoms with Crippen molar-refractivity contribution >= 4 is 6.09 Å². The number of carbonyl (C=O) groups is 1. The minimum atomic E-state index is -0.446. The van der Waals surface area contributed by atoms with Crippen molar-refractivity contribution in [3.8, 4) is 11.8 Å². The zero-order valence-corrected chi connectivity index (χ0v) is 11.0. The highest BCUT2D eigenvalue weighted by atomic mass is 19.1. The number of carbonyl (C=O) groups excluding carboxylic acids is 1. The SMILES string of the molecule is O=C1N[C@H](c2cc(C#Cc3cccc(F)c3)ccn2)CO1. The second-order valence-electron chi connectivity index (χ2n) is 4.53. The van der Waals surface area contributed by atoms with E-state index in [1.807, 2.05) is 0 Å². The van der Waals surface area contributed by atoms with Gasteiger partial charge in [-0.3, -0.25) is 4.98 Å². The average molecular weight is 282 g/mol. The number of benzene rings is 1. The van der Waals surface area contributed by atoms with Crippen LogP contribution in [0.2, 0.25) is 0 Å². The molecule has 1 atom stereocenters. The molecule has 1 aliphatic heterocycles. The highest BCUT2D eigenvalue weighted by molar-refractivity contribution is 5.69. The molecule has 1 N–H and O–H groups in total. The van der Waals surface area contributed by atoms with E-state index < -0.39 is 6.09 Å². The number of rotatable bonds is 1. The number of aromatic nitrogens is 1. The molecule has 3 rings (SSSR count). The fraction of sp³-hybridized carbons (Fsp3) is 0.125. The molecule has 1 aromatic carbocycles. The molecule has 21 heavy (non-hydrogen) atoms. The largest absolute Gasteiger partial charge is 0.447 e. The summed E-state index contributed by atoms with van der Waals surface area (Å²) in [5, 5.41) is 2.66. The number of ether oxygens (including phenoxy) is 1. The Morgan fingerprint density at radius 2 is 2.05 bits per heavy atom. The van der Waals surface area contributed by atoms with Gasteiger partial charge in [0, 0.05) is 17.3 Å². The molecular formula is C16H11FN2O2. The summed E-state index contributed by atoms with van der Waals surface area (Å²) >= 11 is 0. The van der Waals surface area contributed by atoms with Crippen molar-refractivity contribution in [2.75, 3.05) is 6.61 Å². The number of nitrogens with zero attached hydrogens (tertiary/aromatic N) is 1. The minimum Gasteiger partial charge on any atom is -0.447 e. The van der Waals surface area contributed by atoms with Crippen LogP contribution < -0.4 is 5.32 Å². The van der Waals surface area contributed by atoms with Gasteiger partial charge in [0.15, 0.2) is 0 Å². The predicted octanol–water partition coefficient (Wildman–Crippen LogP) is 2.40. The molecule has 0 aliphatic carbocycles. The fourth-order valence-corrected chi connectivity index (χ4v) is 1.97. The molecule has 1 amide bonds. The number of amides is 1. The predicted molar refractivity (Wildman–Crippen MR) is 73.8 cm³/mol. The number of hydrogen-bond donors (Lipinski definition) is 1. The van der Waals surface area contributed by atoms with E-state index in [9.17, 15) is 9.18 Å². The maximum atomic E-state index is 13.1. The topological polar surface area (TPSA) is 51.2 Å². The summed E-state index contributed by atoms with van der Waals surface area (Å²) in [6.45, 7) is 0.257. The van der Waals surface area contributed by atoms with Crippen molar-refractivity contribution in [1.29, 1.82) is 0 Å². The Labute approximate surface area is 121 Å². The highest BCUT2D eigenvalue weighted by Crippen LogP contribution is 2.16. The second kappa shape index (κ2) is 5.63. The number of halogens is 1. The Balaban J connectivity index is 1.82. The minimum absolute atomic E-state index is 0.256. The normalized spacial score (nSPS) is 16.6. The zero-order chi connectivity index (χ0) is 14.7. The first-order valence-electron chi connectivity index (χ1n) is 6.37. The van der Waals surface area contributed by atoms with Crippen molar-refractivity contribution < 1.29 is 13.9 Å². The molecule has 4 nitrogen and oxygen atoms in total. The van der Waals surface area contributed by atoms with Gasteiger partial charge in [0.1, 0.15) is 18.5 Å². The van der Waals surface area contributed by atoms with Crippen LogP contribution >= 0.6 is 0 Å². The van der Waals surface area contributed by atoms with Crippen LogP contribution in [0, 0.1) is 17.7 Å². The Morgan fingerprint density at radius 1 is 1.24 bits per heavy atom. The lowest BCUT2D eigenvalue weighted by molar-refractivity contribution is 0.177. The van der Waals surface area contributed by atoms with E-state index in [0.717, 1.165) is 5.56 Å². The smallest absolute Gasteiger partial charge is 0.407 e. The van der Waals surface area contributed by atoms with Gasteiger partial charge in [0.05, 0.1) is 5.69 Å². The first kappa shape index (κ1) is 13.1. The van der Waals surface area contributed by atoms with Gasteiger partial charge in [-0.15, -0.1) is 0 Å². The van der Waals surface area contributed by atoms with Gasteiger partial charge in [0.25, 0.3) is 0 Å². The zero-order valence-electron chi connectivity index (χ0n) is 11.0. The Hall–Kier alpha value is -2.87. The summed E-state index contributed by atoms with van der Waals surface area (Å²) in [6.07, 6.45) is 1.17. The van der Waals surface area contributed by atoms with E-state index in [1.165, 1.54) is 12.1 Å². The first-order valence-corrected chi connectivity index (χ1v) is 6.37. The fourth-order valence-electron chi connectivity index (χ4n) is 1.97. The second-order valence-corrected chi connectivity index (χ2v) is 4.53. The van der Waals surface area contributed by atoms with Crippen LogP contribution in [0.3, 0.4) is 0 Å². The number of nitrogens with one attached hydrogen (secondary N) is 1. The number of cyclic esters (lactones) is 1. The van der Waals surface area contributed by atoms with Gasteiger partial charge in [-0.2, -0.15) is 0 Å². The van der Waals surface area contributed by atoms with Gasteiger partial charge in [-0.05, 0) is 30.3 Å². The van der Waals surface area contributed by atoms with Crippen LogP contribution in [0.5, 0.6) is 0 Å². The van der Waals surface area contributed by atoms with Gasteiger partial charge in [0.2, 0.25) is 0 Å². The summed E-state index contributed by atoms with van der Waals surface area (Å²) in [4.78, 5) is 15.2. The number of pyridine rings is 1. The van der Waals surface area contributed by atoms with Crippen molar-refractivity contribution in [1.82, 2.24) is 10.3 Å². The quantitative estimate of drug-likeness (QED) is 0.817. The molecule has 1 aliphatic rings. The third-order valence-corrected chi connectivity index (χ3v) is 2.99. The molecule has 5 heteroatoms. The summed E-state index contributed by atoms with van der Waals surface area (Å²) in [5.74, 6) is 5.53. The molecule has 104 valence electrons. The lowest BCUT2D eigenvalue weighted by atomic mass is 10.1. The first-order chi connectivity index (χ1) is 10.2. The highest BCUT2D eigenvalue weighted by Gasteiger charge is 2.24. The third-order valence-electron chi connectivity index (χ3n) is 2.99. The number of hydrogen-bond acceptors (Lipinski definition) is 3. The Bertz CT molecular complexity index is 749. The molecule has 0 bridgehead atoms. The van der Waals surface area contributed by atoms with Crippen LogP contribution in [-0.2, 0) is 4.74 Å². The van der Waals surface area contributed by atoms with E-state index in [0.29, 0.717) is 11.3 Å². The molecule has 0 saturated carbocycles. The Morgan fingerprint density at radius 3 is 2.76 bits per heavy atom. The van der Waals surface area contributed by atoms with Crippen LogP contribution in [-0.4, -0.2) is 17.7 Å². The van der Waals surface area contributed by atoms with Gasteiger partial charge >= 0.3 is 6.09 Å². The summed E-state index contributed by atoms with van der Waals surface area (Å²) in [5.41, 5.74) is 2.03. The molecule has 0 unspecified atom stereocenters. The number of alkyl carbamates (subject to hydrolysis) is 1. The van der Waals surface area contributed by atoms with Crippen molar-refractivity contribution in [3.63, 3.8) is 0 Å². The summed E-state index contributed by atoms with van der Waals surface area (Å²) in [6, 6.07) is 9.39. The molecule has 1 saturated heterocycles. The summed E-state index contributed by atoms with van der Waals surface area (Å²) in [7, 11) is 0. The van der Waals surface area contributed by atoms with Crippen LogP contribution in [0.25, 0.3) is 0 Å². The van der Waals surface area contributed by atoms with Crippen molar-refractivity contribution in [2.45, 2.75) is 6.04 Å². The van der Waals surface area contributed by atoms with E-state index in [1.54, 1.807) is 30.5 Å². The van der Waals surface area contributed by atoms with E-state index in [2.05, 4.69) is 22.1 Å². The van der Waals surface area contributed by atoms with E-state index in [4.69, 9.17) is 4.74 Å². The lowest BCUT2D eigenvalue weighted by Crippen LogP contribution is -2.19. The molecule has 2 aromatic rings. The van der Waals surface area contributed by atoms with Crippen molar-refractivity contribution in [3.05, 3.63) is 65.2 Å². The molecule has 0 radical (unpaired) electrons. The molecule has 2 heterocycles. The standard InChI is InChI=1S/C16H11FN2O2/c17-13-3-1-2-11(8-13)4-5-12-6-7-18-14(9-12)15-10-21-16(20)19-15/h1-3,6-9,15H,10H2,(H,19,20)/t15-/m0/s1. The third kappa shape index (κ3) is 3.18. The van der Waals surface area contributed by atoms with Gasteiger partial charge < -0.3 is 10.1 Å². The van der Waals surface area contributed by atoms with E-state index >= 15 is 0 Å².